The van der Waals surface area contributed by atoms with Gasteiger partial charge in [0.15, 0.2) is 0 Å². The van der Waals surface area contributed by atoms with Crippen molar-refractivity contribution in [1.82, 2.24) is 4.98 Å². The molecule has 2 rings (SSSR count). The maximum Gasteiger partial charge on any atom is 0.119 e. The zero-order valence-corrected chi connectivity index (χ0v) is 11.5. The highest BCUT2D eigenvalue weighted by atomic mass is 16.5. The van der Waals surface area contributed by atoms with Crippen LogP contribution in [0.3, 0.4) is 0 Å². The average Bonchev–Trinajstić information content (AvgIpc) is 2.46. The van der Waals surface area contributed by atoms with E-state index in [2.05, 4.69) is 30.2 Å². The van der Waals surface area contributed by atoms with Gasteiger partial charge in [-0.3, -0.25) is 4.98 Å². The van der Waals surface area contributed by atoms with Crippen LogP contribution in [0.1, 0.15) is 20.3 Å². The average molecular weight is 256 g/mol. The van der Waals surface area contributed by atoms with Gasteiger partial charge >= 0.3 is 0 Å². The lowest BCUT2D eigenvalue weighted by atomic mass is 10.1. The van der Waals surface area contributed by atoms with E-state index in [-0.39, 0.29) is 0 Å². The molecule has 0 unspecified atom stereocenters. The molecule has 0 radical (unpaired) electrons. The summed E-state index contributed by atoms with van der Waals surface area (Å²) >= 11 is 0. The first-order valence-electron chi connectivity index (χ1n) is 6.76. The minimum Gasteiger partial charge on any atom is -0.494 e. The lowest BCUT2D eigenvalue weighted by Crippen LogP contribution is -1.97. The summed E-state index contributed by atoms with van der Waals surface area (Å²) in [5.41, 5.74) is 3.17. The molecule has 1 heterocycles. The predicted octanol–water partition coefficient (Wildman–Crippen LogP) is 3.97. The predicted molar refractivity (Wildman–Crippen MR) is 79.6 cm³/mol. The van der Waals surface area contributed by atoms with Crippen molar-refractivity contribution in [2.24, 2.45) is 0 Å². The Labute approximate surface area is 114 Å². The fourth-order valence-corrected chi connectivity index (χ4v) is 1.84. The SMILES string of the molecule is CCCOc1ccc(-c2cc(NCC)ccn2)cc1. The second-order valence-electron chi connectivity index (χ2n) is 4.33. The Bertz CT molecular complexity index is 508. The molecule has 100 valence electrons. The van der Waals surface area contributed by atoms with Gasteiger partial charge in [-0.2, -0.15) is 0 Å². The monoisotopic (exact) mass is 256 g/mol. The van der Waals surface area contributed by atoms with Crippen molar-refractivity contribution in [3.05, 3.63) is 42.6 Å². The zero-order chi connectivity index (χ0) is 13.5. The van der Waals surface area contributed by atoms with E-state index in [4.69, 9.17) is 4.74 Å². The Morgan fingerprint density at radius 3 is 2.58 bits per heavy atom. The summed E-state index contributed by atoms with van der Waals surface area (Å²) in [6.07, 6.45) is 2.85. The van der Waals surface area contributed by atoms with Crippen LogP contribution in [-0.2, 0) is 0 Å². The zero-order valence-electron chi connectivity index (χ0n) is 11.5. The molecule has 0 amide bonds. The molecule has 0 aliphatic rings. The summed E-state index contributed by atoms with van der Waals surface area (Å²) in [5.74, 6) is 0.911. The van der Waals surface area contributed by atoms with Crippen LogP contribution in [0.4, 0.5) is 5.69 Å². The Balaban J connectivity index is 2.14. The number of hydrogen-bond donors (Lipinski definition) is 1. The van der Waals surface area contributed by atoms with Crippen LogP contribution < -0.4 is 10.1 Å². The van der Waals surface area contributed by atoms with Gasteiger partial charge in [0.1, 0.15) is 5.75 Å². The van der Waals surface area contributed by atoms with Crippen molar-refractivity contribution >= 4 is 5.69 Å². The third kappa shape index (κ3) is 3.71. The van der Waals surface area contributed by atoms with Gasteiger partial charge in [-0.25, -0.2) is 0 Å². The Kier molecular flexibility index (Phi) is 4.78. The number of aromatic nitrogens is 1. The third-order valence-corrected chi connectivity index (χ3v) is 2.76. The van der Waals surface area contributed by atoms with Crippen LogP contribution in [0, 0.1) is 0 Å². The van der Waals surface area contributed by atoms with Gasteiger partial charge in [0.25, 0.3) is 0 Å². The maximum absolute atomic E-state index is 5.58. The molecule has 0 saturated heterocycles. The molecule has 0 fully saturated rings. The number of benzene rings is 1. The summed E-state index contributed by atoms with van der Waals surface area (Å²) in [6, 6.07) is 12.1. The Morgan fingerprint density at radius 2 is 1.89 bits per heavy atom. The first-order chi connectivity index (χ1) is 9.33. The van der Waals surface area contributed by atoms with E-state index in [0.29, 0.717) is 0 Å². The van der Waals surface area contributed by atoms with Crippen LogP contribution in [0.15, 0.2) is 42.6 Å². The van der Waals surface area contributed by atoms with Gasteiger partial charge in [0.05, 0.1) is 12.3 Å². The number of ether oxygens (including phenoxy) is 1. The molecule has 0 saturated carbocycles. The molecule has 19 heavy (non-hydrogen) atoms. The van der Waals surface area contributed by atoms with E-state index in [1.54, 1.807) is 0 Å². The number of anilines is 1. The first kappa shape index (κ1) is 13.4. The van der Waals surface area contributed by atoms with E-state index >= 15 is 0 Å². The maximum atomic E-state index is 5.58. The van der Waals surface area contributed by atoms with Crippen LogP contribution in [-0.4, -0.2) is 18.1 Å². The summed E-state index contributed by atoms with van der Waals surface area (Å²) in [4.78, 5) is 4.40. The number of hydrogen-bond acceptors (Lipinski definition) is 3. The third-order valence-electron chi connectivity index (χ3n) is 2.76. The Hall–Kier alpha value is -2.03. The molecule has 0 atom stereocenters. The highest BCUT2D eigenvalue weighted by Crippen LogP contribution is 2.22. The van der Waals surface area contributed by atoms with Gasteiger partial charge in [-0.15, -0.1) is 0 Å². The largest absolute Gasteiger partial charge is 0.494 e. The number of nitrogens with zero attached hydrogens (tertiary/aromatic N) is 1. The molecule has 1 N–H and O–H groups in total. The summed E-state index contributed by atoms with van der Waals surface area (Å²) in [6.45, 7) is 5.85. The molecule has 1 aromatic heterocycles. The van der Waals surface area contributed by atoms with Gasteiger partial charge in [0.2, 0.25) is 0 Å². The fraction of sp³-hybridized carbons (Fsp3) is 0.312. The van der Waals surface area contributed by atoms with Gasteiger partial charge < -0.3 is 10.1 Å². The molecule has 0 aliphatic carbocycles. The molecule has 0 spiro atoms. The lowest BCUT2D eigenvalue weighted by Gasteiger charge is -2.07. The summed E-state index contributed by atoms with van der Waals surface area (Å²) in [7, 11) is 0. The molecule has 3 nitrogen and oxygen atoms in total. The molecule has 0 bridgehead atoms. The van der Waals surface area contributed by atoms with Crippen molar-refractivity contribution in [3.63, 3.8) is 0 Å². The van der Waals surface area contributed by atoms with E-state index < -0.39 is 0 Å². The molecular weight excluding hydrogens is 236 g/mol. The van der Waals surface area contributed by atoms with Crippen molar-refractivity contribution in [2.75, 3.05) is 18.5 Å². The van der Waals surface area contributed by atoms with E-state index in [9.17, 15) is 0 Å². The van der Waals surface area contributed by atoms with Crippen molar-refractivity contribution in [3.8, 4) is 17.0 Å². The smallest absolute Gasteiger partial charge is 0.119 e. The van der Waals surface area contributed by atoms with Gasteiger partial charge in [-0.05, 0) is 49.7 Å². The first-order valence-corrected chi connectivity index (χ1v) is 6.76. The highest BCUT2D eigenvalue weighted by molar-refractivity contribution is 5.64. The van der Waals surface area contributed by atoms with Crippen LogP contribution in [0.2, 0.25) is 0 Å². The normalized spacial score (nSPS) is 10.2. The number of pyridine rings is 1. The summed E-state index contributed by atoms with van der Waals surface area (Å²) in [5, 5.41) is 3.29. The second kappa shape index (κ2) is 6.78. The minimum atomic E-state index is 0.757. The number of nitrogens with one attached hydrogen (secondary N) is 1. The molecular formula is C16H20N2O. The topological polar surface area (TPSA) is 34.1 Å². The summed E-state index contributed by atoms with van der Waals surface area (Å²) < 4.78 is 5.58. The van der Waals surface area contributed by atoms with E-state index in [1.807, 2.05) is 36.5 Å². The molecule has 2 aromatic rings. The highest BCUT2D eigenvalue weighted by Gasteiger charge is 2.01. The fourth-order valence-electron chi connectivity index (χ4n) is 1.84. The quantitative estimate of drug-likeness (QED) is 0.849. The molecule has 3 heteroatoms. The van der Waals surface area contributed by atoms with Gasteiger partial charge in [0, 0.05) is 24.0 Å². The second-order valence-corrected chi connectivity index (χ2v) is 4.33. The van der Waals surface area contributed by atoms with Crippen LogP contribution in [0.5, 0.6) is 5.75 Å². The van der Waals surface area contributed by atoms with Crippen LogP contribution in [0.25, 0.3) is 11.3 Å². The van der Waals surface area contributed by atoms with Crippen molar-refractivity contribution in [2.45, 2.75) is 20.3 Å². The van der Waals surface area contributed by atoms with Crippen molar-refractivity contribution in [1.29, 1.82) is 0 Å². The number of rotatable bonds is 6. The van der Waals surface area contributed by atoms with E-state index in [1.165, 1.54) is 0 Å². The Morgan fingerprint density at radius 1 is 1.11 bits per heavy atom. The van der Waals surface area contributed by atoms with Crippen molar-refractivity contribution < 1.29 is 4.74 Å². The molecule has 1 aromatic carbocycles. The van der Waals surface area contributed by atoms with E-state index in [0.717, 1.165) is 42.3 Å². The van der Waals surface area contributed by atoms with Crippen LogP contribution >= 0.6 is 0 Å². The molecule has 0 aliphatic heterocycles. The minimum absolute atomic E-state index is 0.757. The lowest BCUT2D eigenvalue weighted by molar-refractivity contribution is 0.317. The van der Waals surface area contributed by atoms with Gasteiger partial charge in [-0.1, -0.05) is 6.92 Å². The standard InChI is InChI=1S/C16H20N2O/c1-3-11-19-15-7-5-13(6-8-15)16-12-14(17-4-2)9-10-18-16/h5-10,12H,3-4,11H2,1-2H3,(H,17,18).